The number of carbonyl (C=O) groups is 1. The Balaban J connectivity index is 1.79. The average Bonchev–Trinajstić information content (AvgIpc) is 2.57. The number of carbonyl (C=O) groups excluding carboxylic acids is 1. The van der Waals surface area contributed by atoms with E-state index in [0.717, 1.165) is 31.9 Å². The lowest BCUT2D eigenvalue weighted by Gasteiger charge is -2.36. The minimum absolute atomic E-state index is 0.00893. The lowest BCUT2D eigenvalue weighted by atomic mass is 10.0. The zero-order chi connectivity index (χ0) is 17.5. The molecule has 6 heteroatoms. The van der Waals surface area contributed by atoms with E-state index < -0.39 is 0 Å². The SMILES string of the molecule is Cc1cc(OCC(=O)NCC(C(C)C)N2CCOCC2)ccc1Cl. The molecule has 1 amide bonds. The van der Waals surface area contributed by atoms with Gasteiger partial charge in [-0.1, -0.05) is 25.4 Å². The van der Waals surface area contributed by atoms with Crippen molar-refractivity contribution < 1.29 is 14.3 Å². The van der Waals surface area contributed by atoms with Gasteiger partial charge in [-0.3, -0.25) is 9.69 Å². The topological polar surface area (TPSA) is 50.8 Å². The van der Waals surface area contributed by atoms with Crippen molar-refractivity contribution in [3.8, 4) is 5.75 Å². The minimum Gasteiger partial charge on any atom is -0.484 e. The maximum atomic E-state index is 12.1. The van der Waals surface area contributed by atoms with Crippen LogP contribution in [0, 0.1) is 12.8 Å². The molecule has 0 saturated carbocycles. The Labute approximate surface area is 149 Å². The highest BCUT2D eigenvalue weighted by Gasteiger charge is 2.24. The fourth-order valence-electron chi connectivity index (χ4n) is 2.82. The van der Waals surface area contributed by atoms with Crippen molar-refractivity contribution in [1.29, 1.82) is 0 Å². The maximum absolute atomic E-state index is 12.1. The fourth-order valence-corrected chi connectivity index (χ4v) is 2.94. The molecule has 1 aromatic carbocycles. The van der Waals surface area contributed by atoms with Gasteiger partial charge < -0.3 is 14.8 Å². The maximum Gasteiger partial charge on any atom is 0.257 e. The second-order valence-electron chi connectivity index (χ2n) is 6.46. The van der Waals surface area contributed by atoms with Gasteiger partial charge in [0, 0.05) is 30.7 Å². The van der Waals surface area contributed by atoms with E-state index in [1.54, 1.807) is 12.1 Å². The highest BCUT2D eigenvalue weighted by molar-refractivity contribution is 6.31. The molecule has 2 rings (SSSR count). The molecule has 1 aromatic rings. The number of hydrogen-bond donors (Lipinski definition) is 1. The van der Waals surface area contributed by atoms with Crippen LogP contribution in [0.15, 0.2) is 18.2 Å². The van der Waals surface area contributed by atoms with Crippen LogP contribution in [0.2, 0.25) is 5.02 Å². The van der Waals surface area contributed by atoms with Crippen LogP contribution < -0.4 is 10.1 Å². The highest BCUT2D eigenvalue weighted by atomic mass is 35.5. The van der Waals surface area contributed by atoms with Gasteiger partial charge in [-0.2, -0.15) is 0 Å². The lowest BCUT2D eigenvalue weighted by Crippen LogP contribution is -2.51. The Morgan fingerprint density at radius 2 is 2.08 bits per heavy atom. The summed E-state index contributed by atoms with van der Waals surface area (Å²) in [5.74, 6) is 1.00. The zero-order valence-corrected chi connectivity index (χ0v) is 15.4. The summed E-state index contributed by atoms with van der Waals surface area (Å²) in [7, 11) is 0. The number of aryl methyl sites for hydroxylation is 1. The second kappa shape index (κ2) is 9.25. The van der Waals surface area contributed by atoms with E-state index in [9.17, 15) is 4.79 Å². The third-order valence-electron chi connectivity index (χ3n) is 4.29. The van der Waals surface area contributed by atoms with Crippen LogP contribution >= 0.6 is 11.6 Å². The number of amides is 1. The second-order valence-corrected chi connectivity index (χ2v) is 6.87. The number of nitrogens with one attached hydrogen (secondary N) is 1. The fraction of sp³-hybridized carbons (Fsp3) is 0.611. The van der Waals surface area contributed by atoms with Gasteiger partial charge in [0.2, 0.25) is 0 Å². The molecule has 1 N–H and O–H groups in total. The summed E-state index contributed by atoms with van der Waals surface area (Å²) in [6.07, 6.45) is 0. The number of rotatable bonds is 7. The predicted octanol–water partition coefficient (Wildman–Crippen LogP) is 2.50. The molecule has 134 valence electrons. The van der Waals surface area contributed by atoms with E-state index in [1.165, 1.54) is 0 Å². The van der Waals surface area contributed by atoms with Crippen LogP contribution in [0.5, 0.6) is 5.75 Å². The molecule has 1 saturated heterocycles. The van der Waals surface area contributed by atoms with E-state index in [-0.39, 0.29) is 12.5 Å². The zero-order valence-electron chi connectivity index (χ0n) is 14.7. The van der Waals surface area contributed by atoms with Gasteiger partial charge >= 0.3 is 0 Å². The molecule has 0 radical (unpaired) electrons. The van der Waals surface area contributed by atoms with Gasteiger partial charge in [0.25, 0.3) is 5.91 Å². The van der Waals surface area contributed by atoms with E-state index in [1.807, 2.05) is 13.0 Å². The summed E-state index contributed by atoms with van der Waals surface area (Å²) >= 11 is 5.98. The molecule has 1 aliphatic heterocycles. The quantitative estimate of drug-likeness (QED) is 0.817. The molecule has 0 aromatic heterocycles. The van der Waals surface area contributed by atoms with Gasteiger partial charge in [-0.05, 0) is 36.6 Å². The summed E-state index contributed by atoms with van der Waals surface area (Å²) < 4.78 is 10.9. The van der Waals surface area contributed by atoms with Crippen LogP contribution in [-0.4, -0.2) is 56.3 Å². The third kappa shape index (κ3) is 5.65. The van der Waals surface area contributed by atoms with Crippen molar-refractivity contribution in [2.75, 3.05) is 39.5 Å². The number of ether oxygens (including phenoxy) is 2. The first-order chi connectivity index (χ1) is 11.5. The van der Waals surface area contributed by atoms with Crippen LogP contribution in [0.4, 0.5) is 0 Å². The minimum atomic E-state index is -0.110. The van der Waals surface area contributed by atoms with E-state index in [2.05, 4.69) is 24.1 Å². The number of hydrogen-bond acceptors (Lipinski definition) is 4. The molecule has 0 bridgehead atoms. The highest BCUT2D eigenvalue weighted by Crippen LogP contribution is 2.20. The molecule has 0 spiro atoms. The Bertz CT molecular complexity index is 545. The van der Waals surface area contributed by atoms with E-state index >= 15 is 0 Å². The standard InChI is InChI=1S/C18H27ClN2O3/c1-13(2)17(21-6-8-23-9-7-21)11-20-18(22)12-24-15-4-5-16(19)14(3)10-15/h4-5,10,13,17H,6-9,11-12H2,1-3H3,(H,20,22). The molecule has 1 heterocycles. The largest absolute Gasteiger partial charge is 0.484 e. The van der Waals surface area contributed by atoms with Gasteiger partial charge in [-0.25, -0.2) is 0 Å². The Hall–Kier alpha value is -1.30. The monoisotopic (exact) mass is 354 g/mol. The molecular weight excluding hydrogens is 328 g/mol. The smallest absolute Gasteiger partial charge is 0.257 e. The van der Waals surface area contributed by atoms with Gasteiger partial charge in [0.05, 0.1) is 13.2 Å². The van der Waals surface area contributed by atoms with Crippen molar-refractivity contribution >= 4 is 17.5 Å². The third-order valence-corrected chi connectivity index (χ3v) is 4.72. The molecule has 5 nitrogen and oxygen atoms in total. The van der Waals surface area contributed by atoms with Gasteiger partial charge in [-0.15, -0.1) is 0 Å². The van der Waals surface area contributed by atoms with Crippen molar-refractivity contribution in [3.63, 3.8) is 0 Å². The lowest BCUT2D eigenvalue weighted by molar-refractivity contribution is -0.123. The Morgan fingerprint density at radius 3 is 2.71 bits per heavy atom. The van der Waals surface area contributed by atoms with Crippen molar-refractivity contribution in [3.05, 3.63) is 28.8 Å². The van der Waals surface area contributed by atoms with Gasteiger partial charge in [0.1, 0.15) is 5.75 Å². The van der Waals surface area contributed by atoms with E-state index in [0.29, 0.717) is 29.3 Å². The number of nitrogens with zero attached hydrogens (tertiary/aromatic N) is 1. The predicted molar refractivity (Wildman–Crippen MR) is 95.7 cm³/mol. The summed E-state index contributed by atoms with van der Waals surface area (Å²) in [5, 5.41) is 3.68. The normalized spacial score (nSPS) is 16.9. The van der Waals surface area contributed by atoms with Crippen molar-refractivity contribution in [2.24, 2.45) is 5.92 Å². The summed E-state index contributed by atoms with van der Waals surface area (Å²) in [6, 6.07) is 5.70. The average molecular weight is 355 g/mol. The van der Waals surface area contributed by atoms with E-state index in [4.69, 9.17) is 21.1 Å². The summed E-state index contributed by atoms with van der Waals surface area (Å²) in [5.41, 5.74) is 0.932. The summed E-state index contributed by atoms with van der Waals surface area (Å²) in [6.45, 7) is 10.3. The van der Waals surface area contributed by atoms with Crippen molar-refractivity contribution in [1.82, 2.24) is 10.2 Å². The Kier molecular flexibility index (Phi) is 7.34. The molecule has 1 fully saturated rings. The van der Waals surface area contributed by atoms with Crippen LogP contribution in [0.25, 0.3) is 0 Å². The first-order valence-electron chi connectivity index (χ1n) is 8.45. The van der Waals surface area contributed by atoms with Crippen LogP contribution in [0.1, 0.15) is 19.4 Å². The van der Waals surface area contributed by atoms with Gasteiger partial charge in [0.15, 0.2) is 6.61 Å². The van der Waals surface area contributed by atoms with Crippen molar-refractivity contribution in [2.45, 2.75) is 26.8 Å². The first kappa shape index (κ1) is 19.0. The van der Waals surface area contributed by atoms with Crippen LogP contribution in [0.3, 0.4) is 0 Å². The molecule has 1 aliphatic rings. The number of morpholine rings is 1. The van der Waals surface area contributed by atoms with Crippen LogP contribution in [-0.2, 0) is 9.53 Å². The molecule has 24 heavy (non-hydrogen) atoms. The summed E-state index contributed by atoms with van der Waals surface area (Å²) in [4.78, 5) is 14.5. The molecule has 1 atom stereocenters. The Morgan fingerprint density at radius 1 is 1.38 bits per heavy atom. The molecule has 1 unspecified atom stereocenters. The molecular formula is C18H27ClN2O3. The number of halogens is 1. The molecule has 0 aliphatic carbocycles. The first-order valence-corrected chi connectivity index (χ1v) is 8.82. The number of benzene rings is 1.